The molecule has 1 saturated heterocycles. The molecule has 1 aliphatic heterocycles. The fourth-order valence-corrected chi connectivity index (χ4v) is 1.91. The maximum absolute atomic E-state index is 5.53. The first-order valence-corrected chi connectivity index (χ1v) is 5.76. The Hall–Kier alpha value is -0.120. The number of hydrogen-bond donors (Lipinski definition) is 1. The molecule has 0 aromatic rings. The molecule has 1 atom stereocenters. The highest BCUT2D eigenvalue weighted by molar-refractivity contribution is 4.72. The molecule has 1 aliphatic rings. The molecular formula is C11H24N2O. The van der Waals surface area contributed by atoms with Gasteiger partial charge in [-0.1, -0.05) is 0 Å². The second-order valence-corrected chi connectivity index (χ2v) is 4.46. The zero-order chi connectivity index (χ0) is 10.4. The van der Waals surface area contributed by atoms with E-state index in [4.69, 9.17) is 10.5 Å². The van der Waals surface area contributed by atoms with Crippen LogP contribution in [-0.4, -0.2) is 43.8 Å². The Labute approximate surface area is 87.6 Å². The van der Waals surface area contributed by atoms with Gasteiger partial charge < -0.3 is 15.4 Å². The average Bonchev–Trinajstić information content (AvgIpc) is 2.64. The third-order valence-electron chi connectivity index (χ3n) is 2.90. The summed E-state index contributed by atoms with van der Waals surface area (Å²) in [6.07, 6.45) is 2.33. The van der Waals surface area contributed by atoms with Crippen molar-refractivity contribution in [3.8, 4) is 0 Å². The third kappa shape index (κ3) is 3.95. The van der Waals surface area contributed by atoms with Crippen molar-refractivity contribution < 1.29 is 4.74 Å². The second kappa shape index (κ2) is 6.38. The Bertz CT molecular complexity index is 144. The SMILES string of the molecule is CC(C)N(CCCN)CC1CCOC1. The molecule has 0 amide bonds. The van der Waals surface area contributed by atoms with Crippen molar-refractivity contribution in [2.45, 2.75) is 32.7 Å². The molecule has 14 heavy (non-hydrogen) atoms. The zero-order valence-corrected chi connectivity index (χ0v) is 9.54. The van der Waals surface area contributed by atoms with Gasteiger partial charge in [0.2, 0.25) is 0 Å². The van der Waals surface area contributed by atoms with Crippen LogP contribution in [0.25, 0.3) is 0 Å². The van der Waals surface area contributed by atoms with Crippen LogP contribution in [0, 0.1) is 5.92 Å². The number of ether oxygens (including phenoxy) is 1. The Morgan fingerprint density at radius 2 is 2.29 bits per heavy atom. The molecule has 0 aromatic carbocycles. The van der Waals surface area contributed by atoms with Crippen molar-refractivity contribution in [2.75, 3.05) is 32.8 Å². The quantitative estimate of drug-likeness (QED) is 0.697. The topological polar surface area (TPSA) is 38.5 Å². The minimum Gasteiger partial charge on any atom is -0.381 e. The Kier molecular flexibility index (Phi) is 5.45. The Morgan fingerprint density at radius 3 is 2.79 bits per heavy atom. The summed E-state index contributed by atoms with van der Waals surface area (Å²) in [6.45, 7) is 9.52. The van der Waals surface area contributed by atoms with Gasteiger partial charge in [0.05, 0.1) is 6.61 Å². The minimum absolute atomic E-state index is 0.627. The molecule has 0 aliphatic carbocycles. The van der Waals surface area contributed by atoms with Crippen LogP contribution in [0.4, 0.5) is 0 Å². The summed E-state index contributed by atoms with van der Waals surface area (Å²) in [6, 6.07) is 0.627. The van der Waals surface area contributed by atoms with Gasteiger partial charge in [-0.2, -0.15) is 0 Å². The second-order valence-electron chi connectivity index (χ2n) is 4.46. The van der Waals surface area contributed by atoms with Crippen molar-refractivity contribution in [3.63, 3.8) is 0 Å². The highest BCUT2D eigenvalue weighted by Crippen LogP contribution is 2.15. The lowest BCUT2D eigenvalue weighted by Gasteiger charge is -2.28. The van der Waals surface area contributed by atoms with Crippen LogP contribution < -0.4 is 5.73 Å². The summed E-state index contributed by atoms with van der Waals surface area (Å²) in [5, 5.41) is 0. The number of nitrogens with zero attached hydrogens (tertiary/aromatic N) is 1. The fourth-order valence-electron chi connectivity index (χ4n) is 1.91. The van der Waals surface area contributed by atoms with Crippen molar-refractivity contribution in [1.29, 1.82) is 0 Å². The molecule has 1 fully saturated rings. The molecule has 0 aromatic heterocycles. The zero-order valence-electron chi connectivity index (χ0n) is 9.54. The first-order chi connectivity index (χ1) is 6.74. The van der Waals surface area contributed by atoms with E-state index in [2.05, 4.69) is 18.7 Å². The van der Waals surface area contributed by atoms with E-state index in [9.17, 15) is 0 Å². The molecule has 3 nitrogen and oxygen atoms in total. The monoisotopic (exact) mass is 200 g/mol. The van der Waals surface area contributed by atoms with Crippen LogP contribution in [0.3, 0.4) is 0 Å². The Balaban J connectivity index is 2.26. The largest absolute Gasteiger partial charge is 0.381 e. The van der Waals surface area contributed by atoms with Crippen molar-refractivity contribution in [1.82, 2.24) is 4.90 Å². The lowest BCUT2D eigenvalue weighted by Crippen LogP contribution is -2.37. The first kappa shape index (κ1) is 12.0. The van der Waals surface area contributed by atoms with E-state index >= 15 is 0 Å². The molecule has 2 N–H and O–H groups in total. The van der Waals surface area contributed by atoms with Gasteiger partial charge in [-0.25, -0.2) is 0 Å². The highest BCUT2D eigenvalue weighted by atomic mass is 16.5. The predicted molar refractivity (Wildman–Crippen MR) is 59.3 cm³/mol. The molecule has 0 saturated carbocycles. The molecule has 1 unspecified atom stereocenters. The van der Waals surface area contributed by atoms with Crippen LogP contribution in [0.15, 0.2) is 0 Å². The van der Waals surface area contributed by atoms with E-state index in [0.717, 1.165) is 38.6 Å². The molecule has 0 bridgehead atoms. The van der Waals surface area contributed by atoms with Crippen LogP contribution in [0.5, 0.6) is 0 Å². The lowest BCUT2D eigenvalue weighted by molar-refractivity contribution is 0.152. The molecule has 3 heteroatoms. The van der Waals surface area contributed by atoms with Gasteiger partial charge in [-0.15, -0.1) is 0 Å². The van der Waals surface area contributed by atoms with E-state index < -0.39 is 0 Å². The van der Waals surface area contributed by atoms with Crippen LogP contribution in [-0.2, 0) is 4.74 Å². The summed E-state index contributed by atoms with van der Waals surface area (Å²) in [7, 11) is 0. The fraction of sp³-hybridized carbons (Fsp3) is 1.00. The lowest BCUT2D eigenvalue weighted by atomic mass is 10.1. The maximum atomic E-state index is 5.53. The maximum Gasteiger partial charge on any atom is 0.0507 e. The van der Waals surface area contributed by atoms with Gasteiger partial charge in [0.15, 0.2) is 0 Å². The van der Waals surface area contributed by atoms with Crippen molar-refractivity contribution >= 4 is 0 Å². The molecule has 0 spiro atoms. The molecule has 1 rings (SSSR count). The predicted octanol–water partition coefficient (Wildman–Crippen LogP) is 1.08. The van der Waals surface area contributed by atoms with Crippen molar-refractivity contribution in [2.24, 2.45) is 11.7 Å². The third-order valence-corrected chi connectivity index (χ3v) is 2.90. The summed E-state index contributed by atoms with van der Waals surface area (Å²) >= 11 is 0. The summed E-state index contributed by atoms with van der Waals surface area (Å²) in [4.78, 5) is 2.52. The van der Waals surface area contributed by atoms with Crippen LogP contribution in [0.2, 0.25) is 0 Å². The number of nitrogens with two attached hydrogens (primary N) is 1. The van der Waals surface area contributed by atoms with Gasteiger partial charge in [-0.05, 0) is 45.7 Å². The van der Waals surface area contributed by atoms with E-state index in [0.29, 0.717) is 6.04 Å². The summed E-state index contributed by atoms with van der Waals surface area (Å²) in [5.74, 6) is 0.746. The van der Waals surface area contributed by atoms with E-state index in [1.807, 2.05) is 0 Å². The highest BCUT2D eigenvalue weighted by Gasteiger charge is 2.20. The van der Waals surface area contributed by atoms with Crippen LogP contribution in [0.1, 0.15) is 26.7 Å². The molecule has 0 radical (unpaired) electrons. The van der Waals surface area contributed by atoms with E-state index in [1.165, 1.54) is 13.0 Å². The van der Waals surface area contributed by atoms with Gasteiger partial charge in [0.1, 0.15) is 0 Å². The molecular weight excluding hydrogens is 176 g/mol. The summed E-state index contributed by atoms with van der Waals surface area (Å²) in [5.41, 5.74) is 5.53. The van der Waals surface area contributed by atoms with E-state index in [1.54, 1.807) is 0 Å². The van der Waals surface area contributed by atoms with Gasteiger partial charge >= 0.3 is 0 Å². The first-order valence-electron chi connectivity index (χ1n) is 5.76. The molecule has 1 heterocycles. The van der Waals surface area contributed by atoms with Crippen molar-refractivity contribution in [3.05, 3.63) is 0 Å². The van der Waals surface area contributed by atoms with Crippen LogP contribution >= 0.6 is 0 Å². The summed E-state index contributed by atoms with van der Waals surface area (Å²) < 4.78 is 5.39. The van der Waals surface area contributed by atoms with Gasteiger partial charge in [0, 0.05) is 19.2 Å². The average molecular weight is 200 g/mol. The van der Waals surface area contributed by atoms with Gasteiger partial charge in [0.25, 0.3) is 0 Å². The van der Waals surface area contributed by atoms with E-state index in [-0.39, 0.29) is 0 Å². The standard InChI is InChI=1S/C11H24N2O/c1-10(2)13(6-3-5-12)8-11-4-7-14-9-11/h10-11H,3-9,12H2,1-2H3. The van der Waals surface area contributed by atoms with Gasteiger partial charge in [-0.3, -0.25) is 0 Å². The molecule has 84 valence electrons. The minimum atomic E-state index is 0.627. The number of hydrogen-bond acceptors (Lipinski definition) is 3. The number of rotatable bonds is 6. The normalized spacial score (nSPS) is 22.5. The smallest absolute Gasteiger partial charge is 0.0507 e. The Morgan fingerprint density at radius 1 is 1.50 bits per heavy atom.